The second kappa shape index (κ2) is 6.83. The molecule has 1 rings (SSSR count). The molecule has 0 aliphatic heterocycles. The Kier molecular flexibility index (Phi) is 5.34. The van der Waals surface area contributed by atoms with Gasteiger partial charge in [0, 0.05) is 6.42 Å². The van der Waals surface area contributed by atoms with E-state index in [1.807, 2.05) is 18.2 Å². The Labute approximate surface area is 96.9 Å². The van der Waals surface area contributed by atoms with Crippen LogP contribution in [0, 0.1) is 5.92 Å². The van der Waals surface area contributed by atoms with E-state index in [-0.39, 0.29) is 5.97 Å². The van der Waals surface area contributed by atoms with Crippen molar-refractivity contribution in [3.8, 4) is 0 Å². The van der Waals surface area contributed by atoms with E-state index in [1.165, 1.54) is 12.7 Å². The van der Waals surface area contributed by atoms with Crippen LogP contribution in [-0.4, -0.2) is 13.1 Å². The van der Waals surface area contributed by atoms with Crippen molar-refractivity contribution in [3.05, 3.63) is 42.0 Å². The predicted molar refractivity (Wildman–Crippen MR) is 65.9 cm³/mol. The molecule has 0 aromatic heterocycles. The van der Waals surface area contributed by atoms with Gasteiger partial charge in [-0.15, -0.1) is 0 Å². The van der Waals surface area contributed by atoms with E-state index < -0.39 is 0 Å². The van der Waals surface area contributed by atoms with Gasteiger partial charge in [-0.25, -0.2) is 0 Å². The van der Waals surface area contributed by atoms with Crippen LogP contribution in [0.3, 0.4) is 0 Å². The summed E-state index contributed by atoms with van der Waals surface area (Å²) in [5, 5.41) is 0. The number of allylic oxidation sites excluding steroid dienone is 1. The molecule has 1 atom stereocenters. The van der Waals surface area contributed by atoms with Crippen molar-refractivity contribution in [2.24, 2.45) is 5.92 Å². The second-order valence-electron chi connectivity index (χ2n) is 3.86. The van der Waals surface area contributed by atoms with Crippen molar-refractivity contribution in [2.45, 2.75) is 19.8 Å². The largest absolute Gasteiger partial charge is 0.469 e. The van der Waals surface area contributed by atoms with E-state index in [9.17, 15) is 4.79 Å². The van der Waals surface area contributed by atoms with Crippen LogP contribution in [0.4, 0.5) is 0 Å². The summed E-state index contributed by atoms with van der Waals surface area (Å²) < 4.78 is 4.60. The average molecular weight is 218 g/mol. The zero-order valence-electron chi connectivity index (χ0n) is 9.85. The fraction of sp³-hybridized carbons (Fsp3) is 0.357. The number of ether oxygens (including phenoxy) is 1. The maximum absolute atomic E-state index is 10.9. The summed E-state index contributed by atoms with van der Waals surface area (Å²) in [6.07, 6.45) is 5.52. The number of carbonyl (C=O) groups is 1. The van der Waals surface area contributed by atoms with E-state index in [2.05, 4.69) is 35.9 Å². The zero-order chi connectivity index (χ0) is 11.8. The van der Waals surface area contributed by atoms with E-state index in [0.29, 0.717) is 12.3 Å². The maximum Gasteiger partial charge on any atom is 0.305 e. The number of rotatable bonds is 5. The molecule has 0 aliphatic rings. The number of methoxy groups -OCH3 is 1. The third kappa shape index (κ3) is 4.78. The van der Waals surface area contributed by atoms with Gasteiger partial charge in [0.15, 0.2) is 0 Å². The molecule has 0 heterocycles. The first-order valence-corrected chi connectivity index (χ1v) is 5.52. The Balaban J connectivity index is 2.37. The molecule has 0 aliphatic carbocycles. The Morgan fingerprint density at radius 2 is 2.06 bits per heavy atom. The fourth-order valence-corrected chi connectivity index (χ4v) is 1.38. The molecule has 86 valence electrons. The van der Waals surface area contributed by atoms with E-state index in [4.69, 9.17) is 0 Å². The molecule has 2 heteroatoms. The molecule has 2 nitrogen and oxygen atoms in total. The van der Waals surface area contributed by atoms with Gasteiger partial charge in [-0.1, -0.05) is 49.4 Å². The monoisotopic (exact) mass is 218 g/mol. The normalized spacial score (nSPS) is 12.6. The standard InChI is InChI=1S/C14H18O2/c1-12(9-11-14(15)16-2)8-10-13-6-4-3-5-7-13/h3-8,10,12H,9,11H2,1-2H3/t12-/m0/s1. The Bertz CT molecular complexity index is 341. The number of carbonyl (C=O) groups excluding carboxylic acids is 1. The zero-order valence-corrected chi connectivity index (χ0v) is 9.85. The van der Waals surface area contributed by atoms with Crippen LogP contribution in [0.25, 0.3) is 6.08 Å². The van der Waals surface area contributed by atoms with Crippen LogP contribution in [0.1, 0.15) is 25.3 Å². The lowest BCUT2D eigenvalue weighted by Crippen LogP contribution is -2.02. The highest BCUT2D eigenvalue weighted by Crippen LogP contribution is 2.10. The quantitative estimate of drug-likeness (QED) is 0.709. The molecular weight excluding hydrogens is 200 g/mol. The molecule has 0 unspecified atom stereocenters. The molecule has 1 aromatic carbocycles. The molecule has 1 aromatic rings. The van der Waals surface area contributed by atoms with Crippen LogP contribution >= 0.6 is 0 Å². The molecule has 0 bridgehead atoms. The summed E-state index contributed by atoms with van der Waals surface area (Å²) >= 11 is 0. The highest BCUT2D eigenvalue weighted by atomic mass is 16.5. The topological polar surface area (TPSA) is 26.3 Å². The molecule has 16 heavy (non-hydrogen) atoms. The predicted octanol–water partition coefficient (Wildman–Crippen LogP) is 3.29. The SMILES string of the molecule is COC(=O)CC[C@@H](C)C=Cc1ccccc1. The van der Waals surface area contributed by atoms with E-state index in [1.54, 1.807) is 0 Å². The summed E-state index contributed by atoms with van der Waals surface area (Å²) in [6.45, 7) is 2.10. The lowest BCUT2D eigenvalue weighted by molar-refractivity contribution is -0.140. The van der Waals surface area contributed by atoms with Gasteiger partial charge in [-0.3, -0.25) is 4.79 Å². The number of benzene rings is 1. The summed E-state index contributed by atoms with van der Waals surface area (Å²) in [5.74, 6) is 0.249. The Morgan fingerprint density at radius 3 is 2.69 bits per heavy atom. The van der Waals surface area contributed by atoms with Gasteiger partial charge in [-0.05, 0) is 17.9 Å². The fourth-order valence-electron chi connectivity index (χ4n) is 1.38. The van der Waals surface area contributed by atoms with Crippen molar-refractivity contribution >= 4 is 12.0 Å². The molecular formula is C14H18O2. The highest BCUT2D eigenvalue weighted by molar-refractivity contribution is 5.69. The lowest BCUT2D eigenvalue weighted by Gasteiger charge is -2.04. The smallest absolute Gasteiger partial charge is 0.305 e. The summed E-state index contributed by atoms with van der Waals surface area (Å²) in [4.78, 5) is 10.9. The summed E-state index contributed by atoms with van der Waals surface area (Å²) in [5.41, 5.74) is 1.19. The number of esters is 1. The van der Waals surface area contributed by atoms with Crippen LogP contribution in [0.15, 0.2) is 36.4 Å². The number of hydrogen-bond donors (Lipinski definition) is 0. The summed E-state index contributed by atoms with van der Waals surface area (Å²) in [7, 11) is 1.42. The van der Waals surface area contributed by atoms with Gasteiger partial charge in [0.25, 0.3) is 0 Å². The van der Waals surface area contributed by atoms with Crippen molar-refractivity contribution < 1.29 is 9.53 Å². The van der Waals surface area contributed by atoms with E-state index >= 15 is 0 Å². The van der Waals surface area contributed by atoms with Gasteiger partial charge in [0.05, 0.1) is 7.11 Å². The van der Waals surface area contributed by atoms with Crippen molar-refractivity contribution in [1.82, 2.24) is 0 Å². The molecule has 0 saturated carbocycles. The minimum absolute atomic E-state index is 0.139. The van der Waals surface area contributed by atoms with Gasteiger partial charge >= 0.3 is 5.97 Å². The lowest BCUT2D eigenvalue weighted by atomic mass is 10.0. The minimum atomic E-state index is -0.139. The van der Waals surface area contributed by atoms with Gasteiger partial charge in [0.2, 0.25) is 0 Å². The molecule has 0 amide bonds. The van der Waals surface area contributed by atoms with Crippen molar-refractivity contribution in [2.75, 3.05) is 7.11 Å². The van der Waals surface area contributed by atoms with Crippen molar-refractivity contribution in [3.63, 3.8) is 0 Å². The Morgan fingerprint density at radius 1 is 1.38 bits per heavy atom. The molecule has 0 fully saturated rings. The average Bonchev–Trinajstić information content (AvgIpc) is 2.34. The Hall–Kier alpha value is -1.57. The van der Waals surface area contributed by atoms with Crippen molar-refractivity contribution in [1.29, 1.82) is 0 Å². The number of hydrogen-bond acceptors (Lipinski definition) is 2. The third-order valence-electron chi connectivity index (χ3n) is 2.45. The van der Waals surface area contributed by atoms with Gasteiger partial charge < -0.3 is 4.74 Å². The molecule has 0 radical (unpaired) electrons. The van der Waals surface area contributed by atoms with Crippen LogP contribution in [0.5, 0.6) is 0 Å². The highest BCUT2D eigenvalue weighted by Gasteiger charge is 2.03. The molecule has 0 saturated heterocycles. The first-order chi connectivity index (χ1) is 7.72. The van der Waals surface area contributed by atoms with Crippen LogP contribution < -0.4 is 0 Å². The first-order valence-electron chi connectivity index (χ1n) is 5.52. The summed E-state index contributed by atoms with van der Waals surface area (Å²) in [6, 6.07) is 10.1. The molecule has 0 spiro atoms. The van der Waals surface area contributed by atoms with Gasteiger partial charge in [0.1, 0.15) is 0 Å². The molecule has 0 N–H and O–H groups in total. The maximum atomic E-state index is 10.9. The van der Waals surface area contributed by atoms with E-state index in [0.717, 1.165) is 6.42 Å². The first kappa shape index (κ1) is 12.5. The van der Waals surface area contributed by atoms with Crippen LogP contribution in [-0.2, 0) is 9.53 Å². The minimum Gasteiger partial charge on any atom is -0.469 e. The second-order valence-corrected chi connectivity index (χ2v) is 3.86. The third-order valence-corrected chi connectivity index (χ3v) is 2.45. The van der Waals surface area contributed by atoms with Gasteiger partial charge in [-0.2, -0.15) is 0 Å². The van der Waals surface area contributed by atoms with Crippen LogP contribution in [0.2, 0.25) is 0 Å².